The predicted molar refractivity (Wildman–Crippen MR) is 117 cm³/mol. The Balaban J connectivity index is -0.000000361. The smallest absolute Gasteiger partial charge is 0.394 e. The molecule has 2 aromatic carbocycles. The molecular formula is C22H32ClF2NO3. The van der Waals surface area contributed by atoms with Gasteiger partial charge >= 0.3 is 6.11 Å². The lowest BCUT2D eigenvalue weighted by Crippen LogP contribution is -2.18. The molecule has 0 spiro atoms. The normalized spacial score (nSPS) is 9.03. The maximum atomic E-state index is 12.3. The van der Waals surface area contributed by atoms with E-state index >= 15 is 0 Å². The van der Waals surface area contributed by atoms with Gasteiger partial charge in [-0.1, -0.05) is 48.9 Å². The van der Waals surface area contributed by atoms with Crippen molar-refractivity contribution in [1.29, 1.82) is 0 Å². The molecule has 0 atom stereocenters. The van der Waals surface area contributed by atoms with Crippen molar-refractivity contribution >= 4 is 23.2 Å². The van der Waals surface area contributed by atoms with Crippen molar-refractivity contribution in [3.05, 3.63) is 64.7 Å². The summed E-state index contributed by atoms with van der Waals surface area (Å²) in [6.07, 6.45) is -3.10. The van der Waals surface area contributed by atoms with Crippen molar-refractivity contribution in [2.45, 2.75) is 48.2 Å². The second kappa shape index (κ2) is 16.6. The summed E-state index contributed by atoms with van der Waals surface area (Å²) >= 11 is 5.70. The molecular weight excluding hydrogens is 400 g/mol. The summed E-state index contributed by atoms with van der Waals surface area (Å²) in [4.78, 5) is 20.2. The first-order valence-corrected chi connectivity index (χ1v) is 8.74. The number of Topliss-reactive ketones (excluding diaryl/α,β-unsaturated/α-hetero) is 2. The van der Waals surface area contributed by atoms with E-state index < -0.39 is 6.11 Å². The molecule has 2 rings (SSSR count). The first-order chi connectivity index (χ1) is 12.9. The summed E-state index contributed by atoms with van der Waals surface area (Å²) in [7, 11) is 1.50. The van der Waals surface area contributed by atoms with Crippen molar-refractivity contribution < 1.29 is 23.1 Å². The molecule has 4 nitrogen and oxygen atoms in total. The topological polar surface area (TPSA) is 69.4 Å². The number of rotatable bonds is 3. The number of hydrogen-bond acceptors (Lipinski definition) is 4. The number of benzene rings is 2. The molecule has 164 valence electrons. The largest absolute Gasteiger partial charge is 0.433 e. The minimum Gasteiger partial charge on any atom is -0.433 e. The highest BCUT2D eigenvalue weighted by atomic mass is 35.5. The van der Waals surface area contributed by atoms with Gasteiger partial charge in [0, 0.05) is 12.5 Å². The Bertz CT molecular complexity index is 711. The number of ketones is 2. The van der Waals surface area contributed by atoms with Gasteiger partial charge in [-0.2, -0.15) is 8.78 Å². The van der Waals surface area contributed by atoms with E-state index in [1.807, 2.05) is 6.92 Å². The van der Waals surface area contributed by atoms with Crippen LogP contribution in [-0.4, -0.2) is 24.7 Å². The summed E-state index contributed by atoms with van der Waals surface area (Å²) in [5.74, 6) is 0.360. The molecule has 0 aromatic heterocycles. The summed E-state index contributed by atoms with van der Waals surface area (Å²) in [5.41, 5.74) is 6.10. The van der Waals surface area contributed by atoms with Gasteiger partial charge in [0.1, 0.15) is 11.5 Å². The molecule has 29 heavy (non-hydrogen) atoms. The number of alkyl halides is 2. The highest BCUT2D eigenvalue weighted by molar-refractivity contribution is 6.33. The van der Waals surface area contributed by atoms with Crippen LogP contribution in [0.3, 0.4) is 0 Å². The zero-order valence-corrected chi connectivity index (χ0v) is 17.8. The van der Waals surface area contributed by atoms with E-state index in [9.17, 15) is 18.4 Å². The van der Waals surface area contributed by atoms with Crippen molar-refractivity contribution in [1.82, 2.24) is 0 Å². The van der Waals surface area contributed by atoms with Crippen LogP contribution < -0.4 is 10.5 Å². The van der Waals surface area contributed by atoms with Gasteiger partial charge in [-0.25, -0.2) is 0 Å². The highest BCUT2D eigenvalue weighted by Crippen LogP contribution is 2.20. The molecule has 0 saturated heterocycles. The van der Waals surface area contributed by atoms with E-state index in [1.165, 1.54) is 40.0 Å². The van der Waals surface area contributed by atoms with Crippen LogP contribution in [0, 0.1) is 6.92 Å². The van der Waals surface area contributed by atoms with Gasteiger partial charge in [-0.05, 0) is 59.0 Å². The van der Waals surface area contributed by atoms with Gasteiger partial charge in [0.05, 0.1) is 5.02 Å². The van der Waals surface area contributed by atoms with Crippen LogP contribution in [0.5, 0.6) is 5.75 Å². The fourth-order valence-corrected chi connectivity index (χ4v) is 1.83. The van der Waals surface area contributed by atoms with Crippen LogP contribution in [-0.2, 0) is 4.79 Å². The van der Waals surface area contributed by atoms with E-state index in [0.29, 0.717) is 17.5 Å². The molecule has 0 radical (unpaired) electrons. The van der Waals surface area contributed by atoms with Crippen LogP contribution in [0.4, 0.5) is 8.78 Å². The van der Waals surface area contributed by atoms with E-state index in [2.05, 4.69) is 10.5 Å². The average Bonchev–Trinajstić information content (AvgIpc) is 2.58. The summed E-state index contributed by atoms with van der Waals surface area (Å²) in [5, 5.41) is 0.523. The van der Waals surface area contributed by atoms with Crippen LogP contribution in [0.15, 0.2) is 48.5 Å². The Labute approximate surface area is 178 Å². The molecule has 0 aliphatic rings. The van der Waals surface area contributed by atoms with Crippen LogP contribution in [0.1, 0.15) is 51.0 Å². The van der Waals surface area contributed by atoms with Crippen LogP contribution in [0.2, 0.25) is 5.02 Å². The average molecular weight is 432 g/mol. The van der Waals surface area contributed by atoms with E-state index in [-0.39, 0.29) is 24.7 Å². The van der Waals surface area contributed by atoms with Crippen molar-refractivity contribution in [2.75, 3.05) is 7.05 Å². The highest BCUT2D eigenvalue weighted by Gasteiger charge is 2.22. The van der Waals surface area contributed by atoms with Crippen LogP contribution in [0.25, 0.3) is 0 Å². The van der Waals surface area contributed by atoms with Gasteiger partial charge in [-0.3, -0.25) is 4.79 Å². The maximum Gasteiger partial charge on any atom is 0.394 e. The van der Waals surface area contributed by atoms with Gasteiger partial charge in [-0.15, -0.1) is 0 Å². The zero-order chi connectivity index (χ0) is 22.3. The zero-order valence-electron chi connectivity index (χ0n) is 17.1. The Morgan fingerprint density at radius 3 is 1.69 bits per heavy atom. The van der Waals surface area contributed by atoms with E-state index in [0.717, 1.165) is 5.56 Å². The monoisotopic (exact) mass is 431 g/mol. The minimum atomic E-state index is -3.10. The van der Waals surface area contributed by atoms with Crippen molar-refractivity contribution in [3.8, 4) is 5.75 Å². The van der Waals surface area contributed by atoms with E-state index in [4.69, 9.17) is 11.6 Å². The first-order valence-electron chi connectivity index (χ1n) is 8.36. The molecule has 0 amide bonds. The molecule has 0 heterocycles. The molecule has 0 unspecified atom stereocenters. The Morgan fingerprint density at radius 2 is 1.38 bits per heavy atom. The number of ether oxygens (including phenoxy) is 1. The summed E-state index contributed by atoms with van der Waals surface area (Å²) < 4.78 is 28.9. The number of hydrogen-bond donors (Lipinski definition) is 1. The Hall–Kier alpha value is -2.31. The molecule has 0 fully saturated rings. The third-order valence-corrected chi connectivity index (χ3v) is 2.90. The number of halogens is 3. The molecule has 0 aliphatic heterocycles. The molecule has 0 saturated carbocycles. The maximum absolute atomic E-state index is 12.3. The summed E-state index contributed by atoms with van der Waals surface area (Å²) in [6.45, 7) is 7.15. The quantitative estimate of drug-likeness (QED) is 0.576. The van der Waals surface area contributed by atoms with Gasteiger partial charge < -0.3 is 15.3 Å². The lowest BCUT2D eigenvalue weighted by Gasteiger charge is -2.12. The van der Waals surface area contributed by atoms with Crippen molar-refractivity contribution in [3.63, 3.8) is 0 Å². The molecule has 0 aliphatic carbocycles. The first kappa shape index (κ1) is 31.4. The lowest BCUT2D eigenvalue weighted by molar-refractivity contribution is -0.158. The molecule has 2 aromatic rings. The number of aryl methyl sites for hydroxylation is 1. The number of carbonyl (C=O) groups excluding carboxylic acids is 2. The fourth-order valence-electron chi connectivity index (χ4n) is 1.56. The molecule has 0 bridgehead atoms. The van der Waals surface area contributed by atoms with Crippen LogP contribution >= 0.6 is 11.6 Å². The van der Waals surface area contributed by atoms with Crippen molar-refractivity contribution in [2.24, 2.45) is 5.73 Å². The predicted octanol–water partition coefficient (Wildman–Crippen LogP) is 6.34. The number of nitrogens with two attached hydrogens (primary N) is 1. The standard InChI is InChI=1S/C9H10F2O.C8H7ClO.C3H6O.CH5N.CH4/c1-7-3-5-8(6-4-7)12-9(2,10)11;1-6(10)7-4-2-3-5-8(7)9;1-3(2)4;1-2;/h3-6H,1-2H3;2-5H,1H3;1-2H3;2H2,1H3;1H4. The second-order valence-electron chi connectivity index (χ2n) is 5.67. The Morgan fingerprint density at radius 1 is 0.966 bits per heavy atom. The van der Waals surface area contributed by atoms with Gasteiger partial charge in [0.15, 0.2) is 5.78 Å². The number of carbonyl (C=O) groups is 2. The molecule has 7 heteroatoms. The lowest BCUT2D eigenvalue weighted by atomic mass is 10.1. The van der Waals surface area contributed by atoms with Gasteiger partial charge in [0.25, 0.3) is 0 Å². The second-order valence-corrected chi connectivity index (χ2v) is 6.07. The third kappa shape index (κ3) is 18.8. The molecule has 2 N–H and O–H groups in total. The fraction of sp³-hybridized carbons (Fsp3) is 0.364. The van der Waals surface area contributed by atoms with Gasteiger partial charge in [0.2, 0.25) is 0 Å². The summed E-state index contributed by atoms with van der Waals surface area (Å²) in [6, 6.07) is 13.5. The SMILES string of the molecule is C.CC(=O)c1ccccc1Cl.CC(C)=O.CN.Cc1ccc(OC(C)(F)F)cc1. The Kier molecular flexibility index (Phi) is 18.0. The minimum absolute atomic E-state index is 0. The third-order valence-electron chi connectivity index (χ3n) is 2.57. The van der Waals surface area contributed by atoms with E-state index in [1.54, 1.807) is 36.4 Å².